The lowest BCUT2D eigenvalue weighted by molar-refractivity contribution is -0.123. The normalized spacial score (nSPS) is 19.0. The van der Waals surface area contributed by atoms with Crippen LogP contribution in [0, 0.1) is 5.82 Å². The van der Waals surface area contributed by atoms with E-state index in [0.29, 0.717) is 10.6 Å². The zero-order valence-electron chi connectivity index (χ0n) is 17.7. The number of halogens is 3. The fourth-order valence-corrected chi connectivity index (χ4v) is 4.73. The highest BCUT2D eigenvalue weighted by Gasteiger charge is 2.48. The summed E-state index contributed by atoms with van der Waals surface area (Å²) in [4.78, 5) is 30.7. The number of Topliss-reactive ketones (excluding diaryl/α,β-unsaturated/α-hetero) is 1. The molecule has 2 aliphatic heterocycles. The molecule has 0 saturated carbocycles. The van der Waals surface area contributed by atoms with Gasteiger partial charge in [0.25, 0.3) is 0 Å². The van der Waals surface area contributed by atoms with Crippen molar-refractivity contribution in [1.29, 1.82) is 0 Å². The van der Waals surface area contributed by atoms with E-state index < -0.39 is 5.41 Å². The first-order valence-corrected chi connectivity index (χ1v) is 10.8. The molecular formula is C24H27Cl2FN2O2. The molecular weight excluding hydrogens is 438 g/mol. The molecule has 0 aromatic heterocycles. The van der Waals surface area contributed by atoms with Gasteiger partial charge in [-0.2, -0.15) is 0 Å². The Labute approximate surface area is 193 Å². The van der Waals surface area contributed by atoms with Crippen molar-refractivity contribution in [3.63, 3.8) is 0 Å². The molecule has 2 heterocycles. The quantitative estimate of drug-likeness (QED) is 0.539. The van der Waals surface area contributed by atoms with Gasteiger partial charge in [0.1, 0.15) is 5.82 Å². The van der Waals surface area contributed by atoms with Gasteiger partial charge in [-0.25, -0.2) is 4.39 Å². The van der Waals surface area contributed by atoms with Crippen LogP contribution in [-0.4, -0.2) is 35.8 Å². The van der Waals surface area contributed by atoms with Gasteiger partial charge in [0, 0.05) is 35.8 Å². The minimum absolute atomic E-state index is 0. The molecule has 1 amide bonds. The molecule has 0 radical (unpaired) electrons. The first-order chi connectivity index (χ1) is 14.3. The van der Waals surface area contributed by atoms with Crippen LogP contribution in [0.4, 0.5) is 10.1 Å². The number of amides is 1. The number of benzene rings is 2. The van der Waals surface area contributed by atoms with Crippen molar-refractivity contribution in [3.05, 3.63) is 64.4 Å². The van der Waals surface area contributed by atoms with E-state index in [2.05, 4.69) is 4.90 Å². The standard InChI is InChI=1S/C24H26ClFN2O2.ClH/c1-24(2)19-14-17(25)8-11-20(19)28(23(24)30)22(27-12-4-3-5-13-27)15-21(29)16-6-9-18(26)10-7-16;/h6-11,14,22H,3-5,12-13,15H2,1-2H3;1H. The fourth-order valence-electron chi connectivity index (χ4n) is 4.56. The van der Waals surface area contributed by atoms with Crippen molar-refractivity contribution in [1.82, 2.24) is 4.90 Å². The van der Waals surface area contributed by atoms with Gasteiger partial charge in [-0.3, -0.25) is 19.4 Å². The first kappa shape index (κ1) is 23.7. The second kappa shape index (κ2) is 9.27. The number of piperidine rings is 1. The van der Waals surface area contributed by atoms with Gasteiger partial charge in [-0.05, 0) is 74.7 Å². The minimum atomic E-state index is -0.715. The lowest BCUT2D eigenvalue weighted by Gasteiger charge is -2.40. The molecule has 1 fully saturated rings. The average Bonchev–Trinajstić information content (AvgIpc) is 2.93. The largest absolute Gasteiger partial charge is 0.295 e. The summed E-state index contributed by atoms with van der Waals surface area (Å²) >= 11 is 6.23. The number of fused-ring (bicyclic) bond motifs is 1. The van der Waals surface area contributed by atoms with Crippen LogP contribution < -0.4 is 4.90 Å². The van der Waals surface area contributed by atoms with Crippen LogP contribution in [-0.2, 0) is 10.2 Å². The Balaban J connectivity index is 0.00000272. The van der Waals surface area contributed by atoms with Crippen LogP contribution in [0.3, 0.4) is 0 Å². The Morgan fingerprint density at radius 1 is 1.10 bits per heavy atom. The number of nitrogens with zero attached hydrogens (tertiary/aromatic N) is 2. The van der Waals surface area contributed by atoms with Gasteiger partial charge in [0.2, 0.25) is 5.91 Å². The van der Waals surface area contributed by atoms with Crippen molar-refractivity contribution >= 4 is 41.4 Å². The Bertz CT molecular complexity index is 972. The Morgan fingerprint density at radius 3 is 2.39 bits per heavy atom. The summed E-state index contributed by atoms with van der Waals surface area (Å²) in [5.41, 5.74) is 1.45. The Hall–Kier alpha value is -1.95. The van der Waals surface area contributed by atoms with Crippen LogP contribution in [0.5, 0.6) is 0 Å². The summed E-state index contributed by atoms with van der Waals surface area (Å²) in [5.74, 6) is -0.498. The summed E-state index contributed by atoms with van der Waals surface area (Å²) < 4.78 is 13.3. The van der Waals surface area contributed by atoms with E-state index in [1.165, 1.54) is 24.3 Å². The number of hydrogen-bond acceptors (Lipinski definition) is 3. The smallest absolute Gasteiger partial charge is 0.238 e. The van der Waals surface area contributed by atoms with Crippen molar-refractivity contribution in [2.45, 2.75) is 51.1 Å². The Kier molecular flexibility index (Phi) is 7.09. The predicted octanol–water partition coefficient (Wildman–Crippen LogP) is 5.61. The van der Waals surface area contributed by atoms with E-state index in [4.69, 9.17) is 11.6 Å². The van der Waals surface area contributed by atoms with Gasteiger partial charge in [-0.1, -0.05) is 18.0 Å². The van der Waals surface area contributed by atoms with E-state index in [0.717, 1.165) is 43.6 Å². The molecule has 1 saturated heterocycles. The van der Waals surface area contributed by atoms with E-state index in [-0.39, 0.29) is 42.5 Å². The zero-order valence-corrected chi connectivity index (χ0v) is 19.3. The summed E-state index contributed by atoms with van der Waals surface area (Å²) in [6.45, 7) is 5.49. The lowest BCUT2D eigenvalue weighted by Crippen LogP contribution is -2.54. The molecule has 1 atom stereocenters. The highest BCUT2D eigenvalue weighted by molar-refractivity contribution is 6.31. The molecule has 7 heteroatoms. The van der Waals surface area contributed by atoms with Crippen molar-refractivity contribution < 1.29 is 14.0 Å². The highest BCUT2D eigenvalue weighted by atomic mass is 35.5. The lowest BCUT2D eigenvalue weighted by atomic mass is 9.86. The monoisotopic (exact) mass is 464 g/mol. The highest BCUT2D eigenvalue weighted by Crippen LogP contribution is 2.44. The molecule has 4 nitrogen and oxygen atoms in total. The van der Waals surface area contributed by atoms with Crippen LogP contribution in [0.25, 0.3) is 0 Å². The molecule has 0 spiro atoms. The number of hydrogen-bond donors (Lipinski definition) is 0. The predicted molar refractivity (Wildman–Crippen MR) is 124 cm³/mol. The van der Waals surface area contributed by atoms with Crippen LogP contribution in [0.2, 0.25) is 5.02 Å². The second-order valence-corrected chi connectivity index (χ2v) is 9.11. The van der Waals surface area contributed by atoms with Crippen molar-refractivity contribution in [2.75, 3.05) is 18.0 Å². The number of likely N-dealkylation sites (tertiary alicyclic amines) is 1. The third-order valence-electron chi connectivity index (χ3n) is 6.29. The third-order valence-corrected chi connectivity index (χ3v) is 6.52. The molecule has 2 aromatic carbocycles. The first-order valence-electron chi connectivity index (χ1n) is 10.5. The van der Waals surface area contributed by atoms with Crippen LogP contribution >= 0.6 is 24.0 Å². The summed E-state index contributed by atoms with van der Waals surface area (Å²) in [5, 5.41) is 0.591. The molecule has 31 heavy (non-hydrogen) atoms. The van der Waals surface area contributed by atoms with Gasteiger partial charge >= 0.3 is 0 Å². The Morgan fingerprint density at radius 2 is 1.74 bits per heavy atom. The maximum Gasteiger partial charge on any atom is 0.238 e. The van der Waals surface area contributed by atoms with E-state index >= 15 is 0 Å². The zero-order chi connectivity index (χ0) is 21.5. The molecule has 2 aromatic rings. The summed E-state index contributed by atoms with van der Waals surface area (Å²) in [6.07, 6.45) is 3.02. The van der Waals surface area contributed by atoms with Crippen LogP contribution in [0.15, 0.2) is 42.5 Å². The fraction of sp³-hybridized carbons (Fsp3) is 0.417. The molecule has 0 N–H and O–H groups in total. The van der Waals surface area contributed by atoms with Gasteiger partial charge in [-0.15, -0.1) is 12.4 Å². The SMILES string of the molecule is CC1(C)C(=O)N(C(CC(=O)c2ccc(F)cc2)N2CCCCC2)c2ccc(Cl)cc21.Cl. The molecule has 0 aliphatic carbocycles. The van der Waals surface area contributed by atoms with Crippen molar-refractivity contribution in [2.24, 2.45) is 0 Å². The van der Waals surface area contributed by atoms with Gasteiger partial charge in [0.05, 0.1) is 11.6 Å². The van der Waals surface area contributed by atoms with E-state index in [1.54, 1.807) is 11.0 Å². The van der Waals surface area contributed by atoms with Gasteiger partial charge in [0.15, 0.2) is 5.78 Å². The maximum absolute atomic E-state index is 13.5. The topological polar surface area (TPSA) is 40.6 Å². The molecule has 1 unspecified atom stereocenters. The maximum atomic E-state index is 13.5. The minimum Gasteiger partial charge on any atom is -0.295 e. The number of anilines is 1. The number of carbonyl (C=O) groups is 2. The molecule has 4 rings (SSSR count). The van der Waals surface area contributed by atoms with E-state index in [1.807, 2.05) is 26.0 Å². The second-order valence-electron chi connectivity index (χ2n) is 8.67. The number of rotatable bonds is 5. The molecule has 166 valence electrons. The third kappa shape index (κ3) is 4.50. The number of ketones is 1. The average molecular weight is 465 g/mol. The van der Waals surface area contributed by atoms with Crippen molar-refractivity contribution in [3.8, 4) is 0 Å². The van der Waals surface area contributed by atoms with Crippen LogP contribution in [0.1, 0.15) is 55.5 Å². The number of carbonyl (C=O) groups excluding carboxylic acids is 2. The summed E-state index contributed by atoms with van der Waals surface area (Å²) in [7, 11) is 0. The molecule has 0 bridgehead atoms. The van der Waals surface area contributed by atoms with E-state index in [9.17, 15) is 14.0 Å². The molecule has 2 aliphatic rings. The summed E-state index contributed by atoms with van der Waals surface area (Å²) in [6, 6.07) is 11.1. The van der Waals surface area contributed by atoms with Gasteiger partial charge < -0.3 is 0 Å².